The number of nitrogens with zero attached hydrogens (tertiary/aromatic N) is 4. The molecule has 0 spiro atoms. The molecule has 3 rings (SSSR count). The van der Waals surface area contributed by atoms with Crippen LogP contribution in [0.5, 0.6) is 0 Å². The van der Waals surface area contributed by atoms with E-state index in [2.05, 4.69) is 22.1 Å². The molecule has 1 amide bonds. The second-order valence-corrected chi connectivity index (χ2v) is 5.56. The van der Waals surface area contributed by atoms with Crippen LogP contribution in [0.25, 0.3) is 0 Å². The zero-order valence-electron chi connectivity index (χ0n) is 12.5. The summed E-state index contributed by atoms with van der Waals surface area (Å²) in [5.74, 6) is 2.31. The monoisotopic (exact) mass is 287 g/mol. The van der Waals surface area contributed by atoms with Crippen molar-refractivity contribution in [3.63, 3.8) is 0 Å². The average molecular weight is 287 g/mol. The molecular weight excluding hydrogens is 266 g/mol. The molecule has 21 heavy (non-hydrogen) atoms. The highest BCUT2D eigenvalue weighted by Gasteiger charge is 2.27. The number of rotatable bonds is 3. The lowest BCUT2D eigenvalue weighted by Crippen LogP contribution is -2.38. The summed E-state index contributed by atoms with van der Waals surface area (Å²) in [5, 5.41) is 7.27. The number of carbonyl (C=O) groups is 1. The van der Waals surface area contributed by atoms with Gasteiger partial charge < -0.3 is 9.47 Å². The first-order valence-electron chi connectivity index (χ1n) is 7.50. The standard InChI is InChI=1S/C15H21N5O/c1-3-13-16-14(18-17-13)11-6-9-20(10-7-11)15(21)12-5-4-8-19(12)2/h4-5,8,11H,3,6-7,9-10H2,1-2H3,(H,16,17,18). The van der Waals surface area contributed by atoms with Gasteiger partial charge in [0.15, 0.2) is 5.82 Å². The molecule has 0 unspecified atom stereocenters. The van der Waals surface area contributed by atoms with Crippen LogP contribution in [0.15, 0.2) is 18.3 Å². The van der Waals surface area contributed by atoms with Crippen LogP contribution in [-0.4, -0.2) is 43.6 Å². The molecule has 0 atom stereocenters. The van der Waals surface area contributed by atoms with Crippen molar-refractivity contribution in [1.82, 2.24) is 24.6 Å². The fraction of sp³-hybridized carbons (Fsp3) is 0.533. The smallest absolute Gasteiger partial charge is 0.270 e. The molecule has 2 aromatic heterocycles. The number of hydrogen-bond acceptors (Lipinski definition) is 3. The van der Waals surface area contributed by atoms with Gasteiger partial charge in [0.1, 0.15) is 11.5 Å². The minimum Gasteiger partial charge on any atom is -0.347 e. The topological polar surface area (TPSA) is 66.8 Å². The van der Waals surface area contributed by atoms with E-state index in [1.807, 2.05) is 34.8 Å². The minimum atomic E-state index is 0.116. The normalized spacial score (nSPS) is 16.4. The van der Waals surface area contributed by atoms with Crippen LogP contribution in [0, 0.1) is 0 Å². The Morgan fingerprint density at radius 2 is 2.19 bits per heavy atom. The van der Waals surface area contributed by atoms with E-state index in [-0.39, 0.29) is 5.91 Å². The van der Waals surface area contributed by atoms with Gasteiger partial charge in [0.2, 0.25) is 0 Å². The van der Waals surface area contributed by atoms with Crippen LogP contribution in [0.3, 0.4) is 0 Å². The molecule has 0 saturated carbocycles. The molecule has 112 valence electrons. The van der Waals surface area contributed by atoms with Crippen LogP contribution >= 0.6 is 0 Å². The van der Waals surface area contributed by atoms with Gasteiger partial charge in [-0.15, -0.1) is 0 Å². The number of carbonyl (C=O) groups excluding carboxylic acids is 1. The van der Waals surface area contributed by atoms with Crippen LogP contribution < -0.4 is 0 Å². The Balaban J connectivity index is 1.62. The number of aromatic amines is 1. The molecule has 1 fully saturated rings. The number of aromatic nitrogens is 4. The minimum absolute atomic E-state index is 0.116. The summed E-state index contributed by atoms with van der Waals surface area (Å²) in [6.07, 6.45) is 4.63. The number of amides is 1. The van der Waals surface area contributed by atoms with E-state index in [1.54, 1.807) is 0 Å². The van der Waals surface area contributed by atoms with Crippen molar-refractivity contribution in [3.8, 4) is 0 Å². The molecule has 1 aliphatic rings. The summed E-state index contributed by atoms with van der Waals surface area (Å²) >= 11 is 0. The van der Waals surface area contributed by atoms with Gasteiger partial charge in [-0.3, -0.25) is 9.89 Å². The highest BCUT2D eigenvalue weighted by atomic mass is 16.2. The van der Waals surface area contributed by atoms with Crippen molar-refractivity contribution < 1.29 is 4.79 Å². The zero-order valence-corrected chi connectivity index (χ0v) is 12.5. The molecule has 0 bridgehead atoms. The largest absolute Gasteiger partial charge is 0.347 e. The van der Waals surface area contributed by atoms with Crippen LogP contribution in [0.4, 0.5) is 0 Å². The zero-order chi connectivity index (χ0) is 14.8. The van der Waals surface area contributed by atoms with Crippen molar-refractivity contribution in [2.45, 2.75) is 32.1 Å². The van der Waals surface area contributed by atoms with Gasteiger partial charge in [-0.25, -0.2) is 4.98 Å². The Morgan fingerprint density at radius 1 is 1.43 bits per heavy atom. The maximum atomic E-state index is 12.4. The fourth-order valence-electron chi connectivity index (χ4n) is 2.84. The third kappa shape index (κ3) is 2.70. The van der Waals surface area contributed by atoms with Crippen molar-refractivity contribution in [1.29, 1.82) is 0 Å². The van der Waals surface area contributed by atoms with Gasteiger partial charge >= 0.3 is 0 Å². The number of piperidine rings is 1. The fourth-order valence-corrected chi connectivity index (χ4v) is 2.84. The summed E-state index contributed by atoms with van der Waals surface area (Å²) in [7, 11) is 1.90. The summed E-state index contributed by atoms with van der Waals surface area (Å²) in [6.45, 7) is 3.60. The summed E-state index contributed by atoms with van der Waals surface area (Å²) < 4.78 is 1.87. The summed E-state index contributed by atoms with van der Waals surface area (Å²) in [6, 6.07) is 3.77. The van der Waals surface area contributed by atoms with Gasteiger partial charge in [-0.2, -0.15) is 5.10 Å². The first kappa shape index (κ1) is 13.9. The SMILES string of the molecule is CCc1nc(C2CCN(C(=O)c3cccn3C)CC2)n[nH]1. The Hall–Kier alpha value is -2.11. The number of likely N-dealkylation sites (tertiary alicyclic amines) is 1. The lowest BCUT2D eigenvalue weighted by atomic mass is 9.96. The third-order valence-corrected chi connectivity index (χ3v) is 4.19. The predicted octanol–water partition coefficient (Wildman–Crippen LogP) is 1.73. The summed E-state index contributed by atoms with van der Waals surface area (Å²) in [4.78, 5) is 18.9. The van der Waals surface area contributed by atoms with Gasteiger partial charge in [0.05, 0.1) is 0 Å². The molecule has 1 N–H and O–H groups in total. The first-order chi connectivity index (χ1) is 10.2. The second kappa shape index (κ2) is 5.71. The Morgan fingerprint density at radius 3 is 2.76 bits per heavy atom. The van der Waals surface area contributed by atoms with Crippen LogP contribution in [-0.2, 0) is 13.5 Å². The number of H-pyrrole nitrogens is 1. The Bertz CT molecular complexity index is 622. The van der Waals surface area contributed by atoms with Crippen molar-refractivity contribution in [2.24, 2.45) is 7.05 Å². The molecular formula is C15H21N5O. The van der Waals surface area contributed by atoms with E-state index in [0.717, 1.165) is 49.7 Å². The molecule has 0 radical (unpaired) electrons. The maximum Gasteiger partial charge on any atom is 0.270 e. The van der Waals surface area contributed by atoms with Crippen molar-refractivity contribution in [2.75, 3.05) is 13.1 Å². The molecule has 0 aromatic carbocycles. The lowest BCUT2D eigenvalue weighted by molar-refractivity contribution is 0.0701. The molecule has 0 aliphatic carbocycles. The van der Waals surface area contributed by atoms with Gasteiger partial charge in [-0.05, 0) is 25.0 Å². The highest BCUT2D eigenvalue weighted by Crippen LogP contribution is 2.26. The molecule has 1 aliphatic heterocycles. The van der Waals surface area contributed by atoms with Crippen LogP contribution in [0.2, 0.25) is 0 Å². The molecule has 2 aromatic rings. The molecule has 6 nitrogen and oxygen atoms in total. The van der Waals surface area contributed by atoms with E-state index in [0.29, 0.717) is 5.92 Å². The number of nitrogens with one attached hydrogen (secondary N) is 1. The van der Waals surface area contributed by atoms with E-state index in [9.17, 15) is 4.79 Å². The average Bonchev–Trinajstić information content (AvgIpc) is 3.15. The highest BCUT2D eigenvalue weighted by molar-refractivity contribution is 5.92. The van der Waals surface area contributed by atoms with Gasteiger partial charge in [0, 0.05) is 38.7 Å². The number of aryl methyl sites for hydroxylation is 2. The Kier molecular flexibility index (Phi) is 3.77. The predicted molar refractivity (Wildman–Crippen MR) is 79.1 cm³/mol. The summed E-state index contributed by atoms with van der Waals surface area (Å²) in [5.41, 5.74) is 0.750. The molecule has 6 heteroatoms. The van der Waals surface area contributed by atoms with Crippen LogP contribution in [0.1, 0.15) is 47.8 Å². The van der Waals surface area contributed by atoms with Crippen molar-refractivity contribution in [3.05, 3.63) is 35.7 Å². The third-order valence-electron chi connectivity index (χ3n) is 4.19. The maximum absolute atomic E-state index is 12.4. The van der Waals surface area contributed by atoms with E-state index >= 15 is 0 Å². The van der Waals surface area contributed by atoms with Gasteiger partial charge in [-0.1, -0.05) is 6.92 Å². The molecule has 1 saturated heterocycles. The molecule has 3 heterocycles. The first-order valence-corrected chi connectivity index (χ1v) is 7.50. The second-order valence-electron chi connectivity index (χ2n) is 5.56. The lowest BCUT2D eigenvalue weighted by Gasteiger charge is -2.30. The van der Waals surface area contributed by atoms with Gasteiger partial charge in [0.25, 0.3) is 5.91 Å². The quantitative estimate of drug-likeness (QED) is 0.934. The van der Waals surface area contributed by atoms with E-state index in [4.69, 9.17) is 0 Å². The Labute approximate surface area is 124 Å². The van der Waals surface area contributed by atoms with E-state index in [1.165, 1.54) is 0 Å². The van der Waals surface area contributed by atoms with Crippen molar-refractivity contribution >= 4 is 5.91 Å². The van der Waals surface area contributed by atoms with E-state index < -0.39 is 0 Å². The number of hydrogen-bond donors (Lipinski definition) is 1.